The van der Waals surface area contributed by atoms with E-state index in [-0.39, 0.29) is 29.0 Å². The van der Waals surface area contributed by atoms with Gasteiger partial charge in [-0.1, -0.05) is 60.7 Å². The van der Waals surface area contributed by atoms with E-state index < -0.39 is 42.4 Å². The SMILES string of the molecule is CCn1nnc([C@H]2O[C@@H](n3cnc4c(NCC(c5ccccc5)c5ccccc5)nc(C(=O)OC)nc43)[C@H](OC(C)=O)[C@@H]2OC(C)=O)n1. The molecule has 0 bridgehead atoms. The van der Waals surface area contributed by atoms with Crippen molar-refractivity contribution < 1.29 is 33.3 Å². The van der Waals surface area contributed by atoms with Gasteiger partial charge in [0.25, 0.3) is 0 Å². The molecule has 3 aromatic heterocycles. The van der Waals surface area contributed by atoms with Crippen LogP contribution in [-0.2, 0) is 35.1 Å². The van der Waals surface area contributed by atoms with E-state index in [2.05, 4.69) is 35.7 Å². The second kappa shape index (κ2) is 13.9. The first-order valence-electron chi connectivity index (χ1n) is 15.2. The summed E-state index contributed by atoms with van der Waals surface area (Å²) in [5, 5.41) is 15.8. The van der Waals surface area contributed by atoms with Crippen LogP contribution in [0.4, 0.5) is 5.82 Å². The average Bonchev–Trinajstić information content (AvgIpc) is 3.83. The van der Waals surface area contributed by atoms with Crippen LogP contribution in [0.15, 0.2) is 67.0 Å². The Hall–Kier alpha value is -5.77. The first-order chi connectivity index (χ1) is 23.3. The number of methoxy groups -OCH3 is 1. The van der Waals surface area contributed by atoms with E-state index in [1.54, 1.807) is 0 Å². The quantitative estimate of drug-likeness (QED) is 0.162. The van der Waals surface area contributed by atoms with Gasteiger partial charge in [-0.15, -0.1) is 10.2 Å². The van der Waals surface area contributed by atoms with Crippen LogP contribution in [0.25, 0.3) is 11.2 Å². The van der Waals surface area contributed by atoms with Crippen molar-refractivity contribution in [3.05, 3.63) is 89.8 Å². The van der Waals surface area contributed by atoms with E-state index in [1.807, 2.05) is 67.6 Å². The molecule has 1 N–H and O–H groups in total. The van der Waals surface area contributed by atoms with Gasteiger partial charge in [-0.3, -0.25) is 14.2 Å². The third-order valence-corrected chi connectivity index (χ3v) is 7.74. The molecule has 1 aliphatic rings. The number of imidazole rings is 1. The highest BCUT2D eigenvalue weighted by atomic mass is 16.6. The minimum atomic E-state index is -1.18. The Morgan fingerprint density at radius 1 is 0.938 bits per heavy atom. The van der Waals surface area contributed by atoms with E-state index in [9.17, 15) is 14.4 Å². The van der Waals surface area contributed by atoms with E-state index >= 15 is 0 Å². The zero-order valence-electron chi connectivity index (χ0n) is 26.6. The van der Waals surface area contributed by atoms with Crippen LogP contribution in [0.3, 0.4) is 0 Å². The molecule has 1 saturated heterocycles. The normalized spacial score (nSPS) is 18.9. The highest BCUT2D eigenvalue weighted by Gasteiger charge is 2.53. The van der Waals surface area contributed by atoms with Gasteiger partial charge in [0, 0.05) is 26.3 Å². The van der Waals surface area contributed by atoms with Crippen LogP contribution in [0.1, 0.15) is 66.6 Å². The first-order valence-corrected chi connectivity index (χ1v) is 15.2. The molecule has 0 aliphatic carbocycles. The summed E-state index contributed by atoms with van der Waals surface area (Å²) in [5.74, 6) is -2.02. The van der Waals surface area contributed by atoms with Gasteiger partial charge in [0.2, 0.25) is 11.6 Å². The van der Waals surface area contributed by atoms with Gasteiger partial charge >= 0.3 is 17.9 Å². The van der Waals surface area contributed by atoms with E-state index in [4.69, 9.17) is 18.9 Å². The summed E-state index contributed by atoms with van der Waals surface area (Å²) in [6, 6.07) is 20.0. The standard InChI is InChI=1S/C32H33N9O7/c1-5-41-38-28(37-39-41)25-24(46-18(2)42)26(47-19(3)43)31(48-25)40-17-34-23-27(35-29(32(44)45-4)36-30(23)40)33-16-22(20-12-8-6-9-13-20)21-14-10-7-11-15-21/h6-15,17,22,24-26,31H,5,16H2,1-4H3,(H,33,35,36)/t24-,25+,26-,31-/m1/s1. The van der Waals surface area contributed by atoms with E-state index in [1.165, 1.54) is 36.6 Å². The predicted molar refractivity (Wildman–Crippen MR) is 167 cm³/mol. The molecule has 6 rings (SSSR count). The lowest BCUT2D eigenvalue weighted by atomic mass is 9.91. The van der Waals surface area contributed by atoms with Crippen LogP contribution in [0.2, 0.25) is 0 Å². The number of fused-ring (bicyclic) bond motifs is 1. The Labute approximate surface area is 274 Å². The van der Waals surface area contributed by atoms with Crippen molar-refractivity contribution in [3.63, 3.8) is 0 Å². The van der Waals surface area contributed by atoms with Gasteiger partial charge in [0.15, 0.2) is 41.5 Å². The van der Waals surface area contributed by atoms with Crippen LogP contribution in [0.5, 0.6) is 0 Å². The average molecular weight is 656 g/mol. The third-order valence-electron chi connectivity index (χ3n) is 7.74. The molecular formula is C32H33N9O7. The molecule has 248 valence electrons. The summed E-state index contributed by atoms with van der Waals surface area (Å²) in [7, 11) is 1.22. The number of esters is 3. The maximum Gasteiger partial charge on any atom is 0.376 e. The third kappa shape index (κ3) is 6.55. The fourth-order valence-corrected chi connectivity index (χ4v) is 5.62. The topological polar surface area (TPSA) is 187 Å². The van der Waals surface area contributed by atoms with Crippen molar-refractivity contribution in [1.82, 2.24) is 39.7 Å². The maximum atomic E-state index is 12.8. The Bertz CT molecular complexity index is 1880. The molecule has 5 aromatic rings. The van der Waals surface area contributed by atoms with E-state index in [0.29, 0.717) is 18.6 Å². The van der Waals surface area contributed by atoms with Crippen LogP contribution >= 0.6 is 0 Å². The number of carbonyl (C=O) groups excluding carboxylic acids is 3. The number of aryl methyl sites for hydroxylation is 1. The van der Waals surface area contributed by atoms with Gasteiger partial charge in [-0.05, 0) is 23.3 Å². The van der Waals surface area contributed by atoms with Gasteiger partial charge in [0.05, 0.1) is 20.0 Å². The van der Waals surface area contributed by atoms with Crippen molar-refractivity contribution in [3.8, 4) is 0 Å². The molecule has 2 aromatic carbocycles. The van der Waals surface area contributed by atoms with Gasteiger partial charge in [0.1, 0.15) is 0 Å². The monoisotopic (exact) mass is 655 g/mol. The molecule has 4 heterocycles. The lowest BCUT2D eigenvalue weighted by Crippen LogP contribution is -2.37. The molecule has 4 atom stereocenters. The summed E-state index contributed by atoms with van der Waals surface area (Å²) >= 11 is 0. The number of anilines is 1. The summed E-state index contributed by atoms with van der Waals surface area (Å²) in [6.07, 6.45) is -3.13. The lowest BCUT2D eigenvalue weighted by molar-refractivity contribution is -0.165. The molecule has 1 fully saturated rings. The molecule has 0 saturated carbocycles. The van der Waals surface area contributed by atoms with Crippen molar-refractivity contribution in [2.45, 2.75) is 57.8 Å². The van der Waals surface area contributed by atoms with Gasteiger partial charge in [-0.2, -0.15) is 4.80 Å². The molecule has 0 radical (unpaired) electrons. The van der Waals surface area contributed by atoms with Gasteiger partial charge in [-0.25, -0.2) is 19.7 Å². The highest BCUT2D eigenvalue weighted by Crippen LogP contribution is 2.42. The lowest BCUT2D eigenvalue weighted by Gasteiger charge is -2.23. The maximum absolute atomic E-state index is 12.8. The molecular weight excluding hydrogens is 622 g/mol. The Morgan fingerprint density at radius 3 is 2.17 bits per heavy atom. The van der Waals surface area contributed by atoms with Crippen molar-refractivity contribution in [2.75, 3.05) is 19.0 Å². The molecule has 1 aliphatic heterocycles. The van der Waals surface area contributed by atoms with Crippen LogP contribution in [0, 0.1) is 0 Å². The number of nitrogens with zero attached hydrogens (tertiary/aromatic N) is 8. The minimum absolute atomic E-state index is 0.0816. The molecule has 16 heteroatoms. The molecule has 0 unspecified atom stereocenters. The number of rotatable bonds is 11. The summed E-state index contributed by atoms with van der Waals surface area (Å²) in [5.41, 5.74) is 2.61. The minimum Gasteiger partial charge on any atom is -0.463 e. The Morgan fingerprint density at radius 2 is 1.58 bits per heavy atom. The summed E-state index contributed by atoms with van der Waals surface area (Å²) in [6.45, 7) is 5.10. The zero-order valence-corrected chi connectivity index (χ0v) is 26.6. The van der Waals surface area contributed by atoms with Crippen LogP contribution < -0.4 is 5.32 Å². The fourth-order valence-electron chi connectivity index (χ4n) is 5.62. The molecule has 16 nitrogen and oxygen atoms in total. The Kier molecular flexibility index (Phi) is 9.33. The largest absolute Gasteiger partial charge is 0.463 e. The van der Waals surface area contributed by atoms with Crippen LogP contribution in [-0.4, -0.2) is 83.5 Å². The smallest absolute Gasteiger partial charge is 0.376 e. The zero-order chi connectivity index (χ0) is 33.8. The molecule has 0 spiro atoms. The Balaban J connectivity index is 1.42. The second-order valence-corrected chi connectivity index (χ2v) is 10.9. The first kappa shape index (κ1) is 32.2. The molecule has 48 heavy (non-hydrogen) atoms. The number of aromatic nitrogens is 8. The number of carbonyl (C=O) groups is 3. The number of hydrogen-bond acceptors (Lipinski definition) is 14. The number of hydrogen-bond donors (Lipinski definition) is 1. The van der Waals surface area contributed by atoms with E-state index in [0.717, 1.165) is 11.1 Å². The number of benzene rings is 2. The van der Waals surface area contributed by atoms with Crippen molar-refractivity contribution in [2.24, 2.45) is 0 Å². The predicted octanol–water partition coefficient (Wildman–Crippen LogP) is 3.00. The molecule has 0 amide bonds. The number of nitrogens with one attached hydrogen (secondary N) is 1. The summed E-state index contributed by atoms with van der Waals surface area (Å²) in [4.78, 5) is 52.2. The number of tetrazole rings is 1. The highest BCUT2D eigenvalue weighted by molar-refractivity contribution is 5.91. The van der Waals surface area contributed by atoms with Crippen molar-refractivity contribution in [1.29, 1.82) is 0 Å². The van der Waals surface area contributed by atoms with Gasteiger partial charge < -0.3 is 24.3 Å². The fraction of sp³-hybridized carbons (Fsp3) is 0.344. The second-order valence-electron chi connectivity index (χ2n) is 10.9. The number of ether oxygens (including phenoxy) is 4. The summed E-state index contributed by atoms with van der Waals surface area (Å²) < 4.78 is 24.1. The van der Waals surface area contributed by atoms with Crippen molar-refractivity contribution >= 4 is 34.9 Å².